The van der Waals surface area contributed by atoms with Gasteiger partial charge in [0.1, 0.15) is 11.8 Å². The highest BCUT2D eigenvalue weighted by molar-refractivity contribution is 6.00. The molecule has 1 atom stereocenters. The molecule has 1 unspecified atom stereocenters. The molecule has 24 heavy (non-hydrogen) atoms. The van der Waals surface area contributed by atoms with Crippen LogP contribution in [0.2, 0.25) is 0 Å². The van der Waals surface area contributed by atoms with Crippen LogP contribution < -0.4 is 5.32 Å². The fraction of sp³-hybridized carbons (Fsp3) is 0.562. The van der Waals surface area contributed by atoms with Gasteiger partial charge in [-0.1, -0.05) is 0 Å². The van der Waals surface area contributed by atoms with Gasteiger partial charge in [0.05, 0.1) is 32.6 Å². The Hall–Kier alpha value is -2.35. The molecule has 1 rings (SSSR count). The first-order chi connectivity index (χ1) is 11.5. The molecule has 0 radical (unpaired) electrons. The number of hydrogen-bond donors (Lipinski definition) is 1. The van der Waals surface area contributed by atoms with Crippen molar-refractivity contribution in [3.05, 3.63) is 24.2 Å². The maximum absolute atomic E-state index is 12.2. The van der Waals surface area contributed by atoms with Crippen molar-refractivity contribution in [2.24, 2.45) is 5.92 Å². The van der Waals surface area contributed by atoms with Gasteiger partial charge in [0.2, 0.25) is 0 Å². The predicted molar refractivity (Wildman–Crippen MR) is 82.7 cm³/mol. The van der Waals surface area contributed by atoms with E-state index >= 15 is 0 Å². The second kappa shape index (κ2) is 10.4. The lowest BCUT2D eigenvalue weighted by Crippen LogP contribution is -2.50. The standard InChI is InChI=1S/C16H23NO7/c1-4-21-14(18)12(15(19)22-5-2)13(16(20)23-6-3)17-10-11-8-7-9-24-11/h7-9,12-13,17H,4-6,10H2,1-3H3. The van der Waals surface area contributed by atoms with E-state index in [1.165, 1.54) is 6.26 Å². The summed E-state index contributed by atoms with van der Waals surface area (Å²) in [6.07, 6.45) is 1.48. The summed E-state index contributed by atoms with van der Waals surface area (Å²) in [6.45, 7) is 5.23. The predicted octanol–water partition coefficient (Wildman–Crippen LogP) is 1.04. The van der Waals surface area contributed by atoms with Crippen molar-refractivity contribution in [3.8, 4) is 0 Å². The number of esters is 3. The Balaban J connectivity index is 3.00. The first kappa shape index (κ1) is 19.7. The molecular formula is C16H23NO7. The Labute approximate surface area is 140 Å². The van der Waals surface area contributed by atoms with Gasteiger partial charge >= 0.3 is 17.9 Å². The highest BCUT2D eigenvalue weighted by Gasteiger charge is 2.42. The number of carbonyl (C=O) groups excluding carboxylic acids is 3. The molecule has 0 aliphatic heterocycles. The van der Waals surface area contributed by atoms with Crippen LogP contribution in [0.25, 0.3) is 0 Å². The Morgan fingerprint density at radius 1 is 1.00 bits per heavy atom. The molecule has 1 heterocycles. The largest absolute Gasteiger partial charge is 0.468 e. The van der Waals surface area contributed by atoms with E-state index in [9.17, 15) is 14.4 Å². The van der Waals surface area contributed by atoms with Gasteiger partial charge in [-0.15, -0.1) is 0 Å². The number of ether oxygens (including phenoxy) is 3. The summed E-state index contributed by atoms with van der Waals surface area (Å²) in [5.74, 6) is -3.35. The molecule has 0 saturated heterocycles. The van der Waals surface area contributed by atoms with Crippen molar-refractivity contribution in [3.63, 3.8) is 0 Å². The molecule has 0 bridgehead atoms. The quantitative estimate of drug-likeness (QED) is 0.382. The average Bonchev–Trinajstić information content (AvgIpc) is 3.05. The average molecular weight is 341 g/mol. The Kier molecular flexibility index (Phi) is 8.56. The Bertz CT molecular complexity index is 509. The monoisotopic (exact) mass is 341 g/mol. The number of nitrogens with one attached hydrogen (secondary N) is 1. The minimum Gasteiger partial charge on any atom is -0.468 e. The van der Waals surface area contributed by atoms with Crippen molar-refractivity contribution >= 4 is 17.9 Å². The van der Waals surface area contributed by atoms with E-state index < -0.39 is 29.9 Å². The maximum Gasteiger partial charge on any atom is 0.324 e. The first-order valence-corrected chi connectivity index (χ1v) is 7.80. The van der Waals surface area contributed by atoms with Crippen LogP contribution >= 0.6 is 0 Å². The van der Waals surface area contributed by atoms with Crippen LogP contribution in [0, 0.1) is 5.92 Å². The second-order valence-electron chi connectivity index (χ2n) is 4.67. The van der Waals surface area contributed by atoms with E-state index in [1.807, 2.05) is 0 Å². The molecule has 0 saturated carbocycles. The van der Waals surface area contributed by atoms with E-state index in [4.69, 9.17) is 18.6 Å². The zero-order chi connectivity index (χ0) is 17.9. The summed E-state index contributed by atoms with van der Waals surface area (Å²) in [5, 5.41) is 2.82. The van der Waals surface area contributed by atoms with Gasteiger partial charge in [-0.2, -0.15) is 0 Å². The van der Waals surface area contributed by atoms with Crippen LogP contribution in [0.1, 0.15) is 26.5 Å². The van der Waals surface area contributed by atoms with Crippen molar-refractivity contribution < 1.29 is 33.0 Å². The number of hydrogen-bond acceptors (Lipinski definition) is 8. The molecule has 134 valence electrons. The molecule has 0 amide bonds. The second-order valence-corrected chi connectivity index (χ2v) is 4.67. The SMILES string of the molecule is CCOC(=O)C(NCc1ccco1)C(C(=O)OCC)C(=O)OCC. The zero-order valence-corrected chi connectivity index (χ0v) is 14.1. The third kappa shape index (κ3) is 5.69. The molecule has 1 aromatic rings. The van der Waals surface area contributed by atoms with Gasteiger partial charge in [0.25, 0.3) is 0 Å². The maximum atomic E-state index is 12.2. The first-order valence-electron chi connectivity index (χ1n) is 7.80. The smallest absolute Gasteiger partial charge is 0.324 e. The van der Waals surface area contributed by atoms with Crippen LogP contribution in [-0.4, -0.2) is 43.8 Å². The summed E-state index contributed by atoms with van der Waals surface area (Å²) in [6, 6.07) is 2.14. The van der Waals surface area contributed by atoms with Crippen LogP contribution in [0.15, 0.2) is 22.8 Å². The molecule has 0 spiro atoms. The van der Waals surface area contributed by atoms with Gasteiger partial charge in [0.15, 0.2) is 5.92 Å². The van der Waals surface area contributed by atoms with Gasteiger partial charge in [0, 0.05) is 0 Å². The van der Waals surface area contributed by atoms with Crippen LogP contribution in [0.5, 0.6) is 0 Å². The molecule has 1 aromatic heterocycles. The van der Waals surface area contributed by atoms with Crippen molar-refractivity contribution in [2.75, 3.05) is 19.8 Å². The lowest BCUT2D eigenvalue weighted by molar-refractivity contribution is -0.168. The normalized spacial score (nSPS) is 11.8. The number of rotatable bonds is 10. The summed E-state index contributed by atoms with van der Waals surface area (Å²) >= 11 is 0. The number of furan rings is 1. The molecule has 8 heteroatoms. The third-order valence-corrected chi connectivity index (χ3v) is 3.03. The molecule has 8 nitrogen and oxygen atoms in total. The van der Waals surface area contributed by atoms with E-state index in [-0.39, 0.29) is 26.4 Å². The van der Waals surface area contributed by atoms with Crippen LogP contribution in [0.4, 0.5) is 0 Å². The minimum absolute atomic E-state index is 0.0719. The summed E-state index contributed by atoms with van der Waals surface area (Å²) in [5.41, 5.74) is 0. The van der Waals surface area contributed by atoms with Gasteiger partial charge in [-0.05, 0) is 32.9 Å². The van der Waals surface area contributed by atoms with E-state index in [0.29, 0.717) is 5.76 Å². The fourth-order valence-electron chi connectivity index (χ4n) is 2.03. The fourth-order valence-corrected chi connectivity index (χ4v) is 2.03. The topological polar surface area (TPSA) is 104 Å². The minimum atomic E-state index is -1.46. The zero-order valence-electron chi connectivity index (χ0n) is 14.1. The van der Waals surface area contributed by atoms with Crippen molar-refractivity contribution in [1.29, 1.82) is 0 Å². The summed E-state index contributed by atoms with van der Waals surface area (Å²) in [7, 11) is 0. The molecular weight excluding hydrogens is 318 g/mol. The van der Waals surface area contributed by atoms with Gasteiger partial charge < -0.3 is 18.6 Å². The molecule has 0 aliphatic rings. The van der Waals surface area contributed by atoms with E-state index in [1.54, 1.807) is 32.9 Å². The summed E-state index contributed by atoms with van der Waals surface area (Å²) in [4.78, 5) is 36.6. The van der Waals surface area contributed by atoms with E-state index in [2.05, 4.69) is 5.32 Å². The van der Waals surface area contributed by atoms with Gasteiger partial charge in [-0.3, -0.25) is 19.7 Å². The molecule has 0 aromatic carbocycles. The Morgan fingerprint density at radius 2 is 1.54 bits per heavy atom. The van der Waals surface area contributed by atoms with Crippen molar-refractivity contribution in [1.82, 2.24) is 5.32 Å². The summed E-state index contributed by atoms with van der Waals surface area (Å²) < 4.78 is 19.9. The molecule has 1 N–H and O–H groups in total. The lowest BCUT2D eigenvalue weighted by atomic mass is 9.99. The van der Waals surface area contributed by atoms with Crippen LogP contribution in [-0.2, 0) is 35.1 Å². The van der Waals surface area contributed by atoms with Crippen molar-refractivity contribution in [2.45, 2.75) is 33.4 Å². The highest BCUT2D eigenvalue weighted by Crippen LogP contribution is 2.13. The lowest BCUT2D eigenvalue weighted by Gasteiger charge is -2.23. The van der Waals surface area contributed by atoms with Crippen LogP contribution in [0.3, 0.4) is 0 Å². The highest BCUT2D eigenvalue weighted by atomic mass is 16.6. The van der Waals surface area contributed by atoms with E-state index in [0.717, 1.165) is 0 Å². The molecule has 0 aliphatic carbocycles. The van der Waals surface area contributed by atoms with Gasteiger partial charge in [-0.25, -0.2) is 0 Å². The Morgan fingerprint density at radius 3 is 2.00 bits per heavy atom. The third-order valence-electron chi connectivity index (χ3n) is 3.03. The number of carbonyl (C=O) groups is 3. The molecule has 0 fully saturated rings.